The number of hydrazine groups is 1. The minimum Gasteiger partial charge on any atom is -0.355 e. The van der Waals surface area contributed by atoms with Crippen molar-refractivity contribution in [1.82, 2.24) is 10.4 Å². The normalized spacial score (nSPS) is 10.7. The molecule has 2 aromatic carbocycles. The number of hydrogen-bond acceptors (Lipinski definition) is 5. The van der Waals surface area contributed by atoms with Crippen LogP contribution in [0.25, 0.3) is 0 Å². The van der Waals surface area contributed by atoms with Crippen molar-refractivity contribution in [2.24, 2.45) is 0 Å². The number of carbonyl (C=O) groups is 1. The van der Waals surface area contributed by atoms with Crippen molar-refractivity contribution >= 4 is 23.0 Å². The maximum atomic E-state index is 13.2. The summed E-state index contributed by atoms with van der Waals surface area (Å²) in [5, 5.41) is 11.9. The number of hydrogen-bond donors (Lipinski definition) is 3. The van der Waals surface area contributed by atoms with E-state index in [2.05, 4.69) is 21.2 Å². The fourth-order valence-corrected chi connectivity index (χ4v) is 2.46. The summed E-state index contributed by atoms with van der Waals surface area (Å²) in [4.78, 5) is 16.2. The molecule has 0 aliphatic heterocycles. The van der Waals surface area contributed by atoms with E-state index >= 15 is 0 Å². The van der Waals surface area contributed by atoms with E-state index in [0.717, 1.165) is 17.4 Å². The SMILES string of the molecule is N#Cc1ccc(NNC(=O)c2ccc(Nc3ccncc3)cc2)c(C(F)(F)F)c1. The van der Waals surface area contributed by atoms with Crippen LogP contribution in [0.1, 0.15) is 21.5 Å². The number of anilines is 3. The second kappa shape index (κ2) is 8.31. The van der Waals surface area contributed by atoms with Crippen molar-refractivity contribution in [3.8, 4) is 6.07 Å². The van der Waals surface area contributed by atoms with Gasteiger partial charge in [-0.2, -0.15) is 18.4 Å². The Morgan fingerprint density at radius 3 is 2.24 bits per heavy atom. The minimum absolute atomic E-state index is 0.133. The fourth-order valence-electron chi connectivity index (χ4n) is 2.46. The van der Waals surface area contributed by atoms with Crippen LogP contribution < -0.4 is 16.2 Å². The van der Waals surface area contributed by atoms with Crippen molar-refractivity contribution in [1.29, 1.82) is 5.26 Å². The first-order valence-electron chi connectivity index (χ1n) is 8.31. The molecule has 0 atom stereocenters. The van der Waals surface area contributed by atoms with E-state index in [9.17, 15) is 18.0 Å². The molecule has 6 nitrogen and oxygen atoms in total. The lowest BCUT2D eigenvalue weighted by atomic mass is 10.1. The smallest absolute Gasteiger partial charge is 0.355 e. The Kier molecular flexibility index (Phi) is 5.64. The Morgan fingerprint density at radius 2 is 1.62 bits per heavy atom. The molecule has 0 bridgehead atoms. The lowest BCUT2D eigenvalue weighted by Gasteiger charge is -2.15. The van der Waals surface area contributed by atoms with Crippen molar-refractivity contribution in [3.05, 3.63) is 83.7 Å². The van der Waals surface area contributed by atoms with Crippen LogP contribution >= 0.6 is 0 Å². The number of aromatic nitrogens is 1. The molecule has 29 heavy (non-hydrogen) atoms. The second-order valence-corrected chi connectivity index (χ2v) is 5.89. The molecule has 146 valence electrons. The van der Waals surface area contributed by atoms with Gasteiger partial charge in [-0.15, -0.1) is 0 Å². The highest BCUT2D eigenvalue weighted by Crippen LogP contribution is 2.35. The third-order valence-corrected chi connectivity index (χ3v) is 3.88. The Balaban J connectivity index is 1.68. The molecule has 3 N–H and O–H groups in total. The molecule has 0 fully saturated rings. The molecular formula is C20H14F3N5O. The van der Waals surface area contributed by atoms with Crippen LogP contribution in [0.3, 0.4) is 0 Å². The van der Waals surface area contributed by atoms with Crippen molar-refractivity contribution in [3.63, 3.8) is 0 Å². The molecule has 0 aliphatic carbocycles. The zero-order valence-electron chi connectivity index (χ0n) is 14.8. The van der Waals surface area contributed by atoms with E-state index < -0.39 is 17.6 Å². The Morgan fingerprint density at radius 1 is 0.966 bits per heavy atom. The summed E-state index contributed by atoms with van der Waals surface area (Å²) < 4.78 is 39.5. The minimum atomic E-state index is -4.68. The average Bonchev–Trinajstić information content (AvgIpc) is 2.72. The Bertz CT molecular complexity index is 1040. The predicted octanol–water partition coefficient (Wildman–Crippen LogP) is 4.47. The molecule has 0 saturated heterocycles. The van der Waals surface area contributed by atoms with Crippen LogP contribution in [0, 0.1) is 11.3 Å². The van der Waals surface area contributed by atoms with E-state index in [1.54, 1.807) is 42.7 Å². The summed E-state index contributed by atoms with van der Waals surface area (Å²) in [6.45, 7) is 0. The Hall–Kier alpha value is -4.06. The molecule has 3 rings (SSSR count). The van der Waals surface area contributed by atoms with Gasteiger partial charge in [-0.1, -0.05) is 0 Å². The van der Waals surface area contributed by atoms with E-state index in [1.807, 2.05) is 0 Å². The van der Waals surface area contributed by atoms with Gasteiger partial charge in [-0.05, 0) is 54.6 Å². The first kappa shape index (κ1) is 19.7. The second-order valence-electron chi connectivity index (χ2n) is 5.89. The van der Waals surface area contributed by atoms with E-state index in [4.69, 9.17) is 5.26 Å². The van der Waals surface area contributed by atoms with E-state index in [0.29, 0.717) is 6.07 Å². The summed E-state index contributed by atoms with van der Waals surface area (Å²) in [5.74, 6) is -0.613. The third-order valence-electron chi connectivity index (χ3n) is 3.88. The van der Waals surface area contributed by atoms with Gasteiger partial charge in [0, 0.05) is 29.3 Å². The lowest BCUT2D eigenvalue weighted by molar-refractivity contribution is -0.137. The number of halogens is 3. The largest absolute Gasteiger partial charge is 0.418 e. The van der Waals surface area contributed by atoms with Gasteiger partial charge < -0.3 is 5.32 Å². The van der Waals surface area contributed by atoms with Gasteiger partial charge in [0.15, 0.2) is 0 Å². The zero-order chi connectivity index (χ0) is 20.9. The molecule has 1 heterocycles. The van der Waals surface area contributed by atoms with Crippen LogP contribution in [0.2, 0.25) is 0 Å². The van der Waals surface area contributed by atoms with E-state index in [-0.39, 0.29) is 16.8 Å². The number of rotatable bonds is 5. The van der Waals surface area contributed by atoms with Crippen LogP contribution in [0.15, 0.2) is 67.0 Å². The van der Waals surface area contributed by atoms with Gasteiger partial charge in [-0.3, -0.25) is 20.6 Å². The highest BCUT2D eigenvalue weighted by molar-refractivity contribution is 5.95. The highest BCUT2D eigenvalue weighted by Gasteiger charge is 2.34. The molecule has 3 aromatic rings. The third kappa shape index (κ3) is 5.01. The molecular weight excluding hydrogens is 383 g/mol. The molecule has 9 heteroatoms. The van der Waals surface area contributed by atoms with Gasteiger partial charge in [0.2, 0.25) is 0 Å². The zero-order valence-corrected chi connectivity index (χ0v) is 14.8. The summed E-state index contributed by atoms with van der Waals surface area (Å²) in [5.41, 5.74) is 4.76. The molecule has 0 aliphatic rings. The number of alkyl halides is 3. The highest BCUT2D eigenvalue weighted by atomic mass is 19.4. The van der Waals surface area contributed by atoms with Crippen molar-refractivity contribution < 1.29 is 18.0 Å². The summed E-state index contributed by atoms with van der Waals surface area (Å²) in [6, 6.07) is 14.6. The van der Waals surface area contributed by atoms with Crippen LogP contribution in [0.4, 0.5) is 30.2 Å². The molecule has 1 aromatic heterocycles. The summed E-state index contributed by atoms with van der Waals surface area (Å²) in [6.07, 6.45) is -1.41. The number of nitrogens with one attached hydrogen (secondary N) is 3. The first-order chi connectivity index (χ1) is 13.9. The monoisotopic (exact) mass is 397 g/mol. The number of nitriles is 1. The van der Waals surface area contributed by atoms with Gasteiger partial charge in [0.1, 0.15) is 0 Å². The van der Waals surface area contributed by atoms with Crippen LogP contribution in [-0.4, -0.2) is 10.9 Å². The number of carbonyl (C=O) groups excluding carboxylic acids is 1. The molecule has 0 unspecified atom stereocenters. The quantitative estimate of drug-likeness (QED) is 0.553. The lowest BCUT2D eigenvalue weighted by Crippen LogP contribution is -2.30. The summed E-state index contributed by atoms with van der Waals surface area (Å²) in [7, 11) is 0. The van der Waals surface area contributed by atoms with Crippen LogP contribution in [0.5, 0.6) is 0 Å². The maximum absolute atomic E-state index is 13.2. The molecule has 0 radical (unpaired) electrons. The Labute approximate surface area is 164 Å². The maximum Gasteiger partial charge on any atom is 0.418 e. The fraction of sp³-hybridized carbons (Fsp3) is 0.0500. The number of nitrogens with zero attached hydrogens (tertiary/aromatic N) is 2. The van der Waals surface area contributed by atoms with Crippen LogP contribution in [-0.2, 0) is 6.18 Å². The van der Waals surface area contributed by atoms with Gasteiger partial charge in [0.25, 0.3) is 5.91 Å². The molecule has 0 spiro atoms. The topological polar surface area (TPSA) is 89.8 Å². The number of pyridine rings is 1. The van der Waals surface area contributed by atoms with Crippen molar-refractivity contribution in [2.75, 3.05) is 10.7 Å². The standard InChI is InChI=1S/C20H14F3N5O/c21-20(22,23)17-11-13(12-24)1-6-18(17)27-28-19(29)14-2-4-15(5-3-14)26-16-7-9-25-10-8-16/h1-11,27H,(H,25,26)(H,28,29). The average molecular weight is 397 g/mol. The molecule has 1 amide bonds. The van der Waals surface area contributed by atoms with Gasteiger partial charge in [-0.25, -0.2) is 0 Å². The predicted molar refractivity (Wildman–Crippen MR) is 101 cm³/mol. The van der Waals surface area contributed by atoms with E-state index in [1.165, 1.54) is 18.2 Å². The number of amides is 1. The first-order valence-corrected chi connectivity index (χ1v) is 8.31. The van der Waals surface area contributed by atoms with Crippen molar-refractivity contribution in [2.45, 2.75) is 6.18 Å². The summed E-state index contributed by atoms with van der Waals surface area (Å²) >= 11 is 0. The van der Waals surface area contributed by atoms with Gasteiger partial charge in [0.05, 0.1) is 22.9 Å². The molecule has 0 saturated carbocycles. The van der Waals surface area contributed by atoms with Gasteiger partial charge >= 0.3 is 6.18 Å². The number of benzene rings is 2.